The SMILES string of the molecule is C#CCCCCCCCN1C(=O)[C@@]2(c3ccc(Cl)cc31)C(c1cccc(Cl)c1F)[C@H](C(=O)NC1CC(C)(O)C1)N(C)C21CCCCC1. The van der Waals surface area contributed by atoms with Crippen LogP contribution in [-0.2, 0) is 15.0 Å². The largest absolute Gasteiger partial charge is 0.390 e. The van der Waals surface area contributed by atoms with Crippen LogP contribution in [0.4, 0.5) is 10.1 Å². The van der Waals surface area contributed by atoms with E-state index >= 15 is 9.18 Å². The van der Waals surface area contributed by atoms with Crippen molar-refractivity contribution in [1.29, 1.82) is 0 Å². The number of unbranched alkanes of at least 4 members (excludes halogenated alkanes) is 5. The fraction of sp³-hybridized carbons (Fsp3) is 0.579. The molecule has 2 aliphatic carbocycles. The summed E-state index contributed by atoms with van der Waals surface area (Å²) in [6, 6.07) is 9.48. The zero-order chi connectivity index (χ0) is 33.6. The van der Waals surface area contributed by atoms with Crippen molar-refractivity contribution >= 4 is 40.7 Å². The van der Waals surface area contributed by atoms with Crippen molar-refractivity contribution in [2.45, 2.75) is 125 Å². The van der Waals surface area contributed by atoms with Gasteiger partial charge in [0.05, 0.1) is 16.7 Å². The van der Waals surface area contributed by atoms with Crippen LogP contribution in [0.5, 0.6) is 0 Å². The summed E-state index contributed by atoms with van der Waals surface area (Å²) in [5.74, 6) is 0.891. The Morgan fingerprint density at radius 1 is 1.09 bits per heavy atom. The van der Waals surface area contributed by atoms with Crippen LogP contribution < -0.4 is 10.2 Å². The summed E-state index contributed by atoms with van der Waals surface area (Å²) in [7, 11) is 1.94. The highest BCUT2D eigenvalue weighted by molar-refractivity contribution is 6.31. The number of rotatable bonds is 10. The third-order valence-electron chi connectivity index (χ3n) is 11.6. The van der Waals surface area contributed by atoms with Gasteiger partial charge in [-0.1, -0.05) is 79.9 Å². The maximum absolute atomic E-state index is 16.4. The van der Waals surface area contributed by atoms with E-state index in [1.807, 2.05) is 30.1 Å². The molecule has 3 atom stereocenters. The van der Waals surface area contributed by atoms with Crippen molar-refractivity contribution in [3.05, 3.63) is 63.4 Å². The Bertz CT molecular complexity index is 1560. The first-order valence-corrected chi connectivity index (χ1v) is 18.0. The van der Waals surface area contributed by atoms with Crippen molar-refractivity contribution in [3.63, 3.8) is 0 Å². The lowest BCUT2D eigenvalue weighted by Crippen LogP contribution is -2.62. The normalized spacial score (nSPS) is 29.6. The minimum absolute atomic E-state index is 0.0393. The van der Waals surface area contributed by atoms with E-state index in [2.05, 4.69) is 16.1 Å². The van der Waals surface area contributed by atoms with Crippen LogP contribution in [0, 0.1) is 18.2 Å². The highest BCUT2D eigenvalue weighted by Crippen LogP contribution is 2.67. The number of terminal acetylenes is 1. The minimum atomic E-state index is -1.26. The van der Waals surface area contributed by atoms with Crippen molar-refractivity contribution in [3.8, 4) is 12.3 Å². The molecule has 0 aromatic heterocycles. The number of nitrogens with one attached hydrogen (secondary N) is 1. The van der Waals surface area contributed by atoms with E-state index in [0.717, 1.165) is 69.0 Å². The van der Waals surface area contributed by atoms with Gasteiger partial charge in [0, 0.05) is 41.2 Å². The standard InChI is InChI=1S/C38H46Cl2FN3O3/c1-4-5-6-7-8-9-13-21-44-30-22-25(39)17-18-28(30)38(35(44)46)31(27-15-14-16-29(40)32(27)41)33(34(45)42-26-23-36(2,47)24-26)43(3)37(38)19-11-10-12-20-37/h1,14-18,22,26,31,33,47H,5-13,19-21,23-24H2,2-3H3,(H,42,45)/t26?,31?,33-,36?,38-/m1/s1. The van der Waals surface area contributed by atoms with Crippen molar-refractivity contribution < 1.29 is 19.1 Å². The fourth-order valence-corrected chi connectivity index (χ4v) is 9.91. The Hall–Kier alpha value is -2.63. The van der Waals surface area contributed by atoms with Crippen LogP contribution in [-0.4, -0.2) is 58.6 Å². The number of likely N-dealkylation sites (tertiary alicyclic amines) is 1. The molecule has 0 radical (unpaired) electrons. The molecule has 2 heterocycles. The summed E-state index contributed by atoms with van der Waals surface area (Å²) in [5, 5.41) is 14.1. The number of benzene rings is 2. The smallest absolute Gasteiger partial charge is 0.240 e. The Labute approximate surface area is 288 Å². The first-order chi connectivity index (χ1) is 22.5. The van der Waals surface area contributed by atoms with Gasteiger partial charge in [-0.3, -0.25) is 14.5 Å². The number of amides is 2. The van der Waals surface area contributed by atoms with Gasteiger partial charge in [0.15, 0.2) is 0 Å². The van der Waals surface area contributed by atoms with Crippen LogP contribution in [0.1, 0.15) is 107 Å². The number of fused-ring (bicyclic) bond motifs is 3. The summed E-state index contributed by atoms with van der Waals surface area (Å²) in [6.45, 7) is 2.26. The first-order valence-electron chi connectivity index (χ1n) is 17.2. The van der Waals surface area contributed by atoms with Crippen LogP contribution >= 0.6 is 23.2 Å². The summed E-state index contributed by atoms with van der Waals surface area (Å²) in [6.07, 6.45) is 16.1. The summed E-state index contributed by atoms with van der Waals surface area (Å²) >= 11 is 13.1. The average molecular weight is 683 g/mol. The molecule has 4 aliphatic rings. The molecule has 1 unspecified atom stereocenters. The molecule has 2 spiro atoms. The Kier molecular flexibility index (Phi) is 9.73. The second kappa shape index (κ2) is 13.3. The number of carbonyl (C=O) groups excluding carboxylic acids is 2. The summed E-state index contributed by atoms with van der Waals surface area (Å²) < 4.78 is 16.4. The van der Waals surface area contributed by atoms with Crippen molar-refractivity contribution in [1.82, 2.24) is 10.2 Å². The molecule has 2 amide bonds. The number of aliphatic hydroxyl groups is 1. The monoisotopic (exact) mass is 681 g/mol. The van der Waals surface area contributed by atoms with Gasteiger partial charge in [-0.25, -0.2) is 4.39 Å². The van der Waals surface area contributed by atoms with E-state index in [1.165, 1.54) is 6.07 Å². The lowest BCUT2D eigenvalue weighted by Gasteiger charge is -2.50. The molecule has 0 bridgehead atoms. The molecule has 2 aliphatic heterocycles. The van der Waals surface area contributed by atoms with Gasteiger partial charge in [-0.2, -0.15) is 0 Å². The molecule has 2 aromatic carbocycles. The van der Waals surface area contributed by atoms with Gasteiger partial charge in [0.25, 0.3) is 0 Å². The second-order valence-corrected chi connectivity index (χ2v) is 15.4. The van der Waals surface area contributed by atoms with Gasteiger partial charge in [-0.05, 0) is 81.8 Å². The second-order valence-electron chi connectivity index (χ2n) is 14.5. The van der Waals surface area contributed by atoms with E-state index in [-0.39, 0.29) is 28.4 Å². The zero-order valence-electron chi connectivity index (χ0n) is 27.5. The van der Waals surface area contributed by atoms with Crippen LogP contribution in [0.25, 0.3) is 0 Å². The molecule has 3 fully saturated rings. The van der Waals surface area contributed by atoms with E-state index in [9.17, 15) is 9.90 Å². The number of likely N-dealkylation sites (N-methyl/N-ethyl adjacent to an activating group) is 1. The summed E-state index contributed by atoms with van der Waals surface area (Å²) in [5.41, 5.74) is -1.00. The molecule has 2 aromatic rings. The highest BCUT2D eigenvalue weighted by atomic mass is 35.5. The van der Waals surface area contributed by atoms with E-state index in [1.54, 1.807) is 19.1 Å². The molecular weight excluding hydrogens is 636 g/mol. The molecule has 6 nitrogen and oxygen atoms in total. The molecule has 1 saturated heterocycles. The summed E-state index contributed by atoms with van der Waals surface area (Å²) in [4.78, 5) is 34.1. The van der Waals surface area contributed by atoms with Gasteiger partial charge >= 0.3 is 0 Å². The van der Waals surface area contributed by atoms with Crippen LogP contribution in [0.15, 0.2) is 36.4 Å². The first kappa shape index (κ1) is 34.2. The third-order valence-corrected chi connectivity index (χ3v) is 12.1. The van der Waals surface area contributed by atoms with E-state index in [4.69, 9.17) is 29.6 Å². The fourth-order valence-electron chi connectivity index (χ4n) is 9.56. The lowest BCUT2D eigenvalue weighted by atomic mass is 9.55. The number of halogens is 3. The number of nitrogens with zero attached hydrogens (tertiary/aromatic N) is 2. The topological polar surface area (TPSA) is 72.9 Å². The third kappa shape index (κ3) is 5.67. The average Bonchev–Trinajstić information content (AvgIpc) is 3.39. The predicted molar refractivity (Wildman–Crippen MR) is 185 cm³/mol. The molecular formula is C38H46Cl2FN3O3. The molecule has 47 heavy (non-hydrogen) atoms. The lowest BCUT2D eigenvalue weighted by molar-refractivity contribution is -0.131. The van der Waals surface area contributed by atoms with Crippen molar-refractivity contribution in [2.75, 3.05) is 18.5 Å². The highest BCUT2D eigenvalue weighted by Gasteiger charge is 2.75. The van der Waals surface area contributed by atoms with Gasteiger partial charge in [-0.15, -0.1) is 12.3 Å². The number of hydrogen-bond acceptors (Lipinski definition) is 4. The maximum Gasteiger partial charge on any atom is 0.240 e. The van der Waals surface area contributed by atoms with Gasteiger partial charge < -0.3 is 15.3 Å². The molecule has 6 rings (SSSR count). The van der Waals surface area contributed by atoms with Crippen LogP contribution in [0.3, 0.4) is 0 Å². The number of hydrogen-bond donors (Lipinski definition) is 2. The molecule has 252 valence electrons. The Morgan fingerprint density at radius 2 is 1.79 bits per heavy atom. The van der Waals surface area contributed by atoms with E-state index in [0.29, 0.717) is 37.3 Å². The van der Waals surface area contributed by atoms with E-state index < -0.39 is 34.3 Å². The molecule has 2 N–H and O–H groups in total. The van der Waals surface area contributed by atoms with Crippen molar-refractivity contribution in [2.24, 2.45) is 0 Å². The number of anilines is 1. The van der Waals surface area contributed by atoms with Gasteiger partial charge in [0.2, 0.25) is 11.8 Å². The van der Waals surface area contributed by atoms with Gasteiger partial charge in [0.1, 0.15) is 11.2 Å². The minimum Gasteiger partial charge on any atom is -0.390 e. The Balaban J connectivity index is 1.49. The quantitative estimate of drug-likeness (QED) is 0.201. The van der Waals surface area contributed by atoms with Crippen LogP contribution in [0.2, 0.25) is 10.0 Å². The predicted octanol–water partition coefficient (Wildman–Crippen LogP) is 7.52. The molecule has 2 saturated carbocycles. The Morgan fingerprint density at radius 3 is 2.49 bits per heavy atom. The number of carbonyl (C=O) groups is 2. The maximum atomic E-state index is 16.4. The zero-order valence-corrected chi connectivity index (χ0v) is 29.0. The molecule has 9 heteroatoms.